The zero-order valence-corrected chi connectivity index (χ0v) is 15.8. The molecule has 0 aliphatic carbocycles. The van der Waals surface area contributed by atoms with Crippen LogP contribution in [-0.4, -0.2) is 29.7 Å². The second kappa shape index (κ2) is 11.0. The molecule has 134 valence electrons. The van der Waals surface area contributed by atoms with Crippen molar-refractivity contribution in [2.45, 2.75) is 72.1 Å². The van der Waals surface area contributed by atoms with Crippen molar-refractivity contribution in [3.05, 3.63) is 35.4 Å². The number of Topliss-reactive ketones (excluding diaryl/α,β-unsaturated/α-hetero) is 1. The van der Waals surface area contributed by atoms with Gasteiger partial charge in [-0.25, -0.2) is 0 Å². The van der Waals surface area contributed by atoms with Gasteiger partial charge in [-0.3, -0.25) is 9.59 Å². The number of rotatable bonds is 6. The lowest BCUT2D eigenvalue weighted by molar-refractivity contribution is -0.132. The molecule has 3 heteroatoms. The molecule has 0 bridgehead atoms. The van der Waals surface area contributed by atoms with Crippen LogP contribution in [0.2, 0.25) is 0 Å². The topological polar surface area (TPSA) is 37.4 Å². The van der Waals surface area contributed by atoms with Crippen LogP contribution in [0.4, 0.5) is 0 Å². The van der Waals surface area contributed by atoms with Crippen molar-refractivity contribution in [1.29, 1.82) is 0 Å². The largest absolute Gasteiger partial charge is 0.343 e. The van der Waals surface area contributed by atoms with Crippen molar-refractivity contribution in [3.63, 3.8) is 0 Å². The molecule has 0 saturated carbocycles. The number of hydrogen-bond donors (Lipinski definition) is 0. The summed E-state index contributed by atoms with van der Waals surface area (Å²) in [6.45, 7) is 9.74. The third kappa shape index (κ3) is 5.77. The van der Waals surface area contributed by atoms with Gasteiger partial charge in [0.1, 0.15) is 0 Å². The Hall–Kier alpha value is -1.64. The molecule has 0 unspecified atom stereocenters. The molecule has 3 nitrogen and oxygen atoms in total. The molecule has 0 N–H and O–H groups in total. The smallest absolute Gasteiger partial charge is 0.222 e. The summed E-state index contributed by atoms with van der Waals surface area (Å²) < 4.78 is 0. The molecule has 1 amide bonds. The Labute approximate surface area is 147 Å². The Balaban J connectivity index is 0.00000139. The van der Waals surface area contributed by atoms with E-state index in [2.05, 4.69) is 19.1 Å². The van der Waals surface area contributed by atoms with Crippen LogP contribution in [0.25, 0.3) is 0 Å². The first-order valence-corrected chi connectivity index (χ1v) is 9.56. The highest BCUT2D eigenvalue weighted by atomic mass is 16.2. The predicted molar refractivity (Wildman–Crippen MR) is 100 cm³/mol. The highest BCUT2D eigenvalue weighted by Gasteiger charge is 2.23. The molecular weight excluding hydrogens is 298 g/mol. The summed E-state index contributed by atoms with van der Waals surface area (Å²) >= 11 is 0. The van der Waals surface area contributed by atoms with Crippen LogP contribution in [0.3, 0.4) is 0 Å². The maximum absolute atomic E-state index is 12.0. The van der Waals surface area contributed by atoms with Crippen LogP contribution < -0.4 is 0 Å². The first kappa shape index (κ1) is 20.4. The Bertz CT molecular complexity index is 499. The average molecular weight is 332 g/mol. The van der Waals surface area contributed by atoms with Gasteiger partial charge in [0.05, 0.1) is 0 Å². The Kier molecular flexibility index (Phi) is 9.36. The molecule has 0 aromatic heterocycles. The molecule has 0 spiro atoms. The number of nitrogens with zero attached hydrogens (tertiary/aromatic N) is 1. The van der Waals surface area contributed by atoms with E-state index in [1.54, 1.807) is 0 Å². The fourth-order valence-corrected chi connectivity index (χ4v) is 3.09. The van der Waals surface area contributed by atoms with Crippen molar-refractivity contribution in [2.75, 3.05) is 13.1 Å². The van der Waals surface area contributed by atoms with Crippen LogP contribution in [-0.2, 0) is 4.79 Å². The molecule has 24 heavy (non-hydrogen) atoms. The highest BCUT2D eigenvalue weighted by molar-refractivity contribution is 5.95. The molecule has 1 aromatic rings. The van der Waals surface area contributed by atoms with Crippen molar-refractivity contribution < 1.29 is 9.59 Å². The van der Waals surface area contributed by atoms with E-state index in [0.717, 1.165) is 44.3 Å². The number of unbranched alkanes of at least 4 members (excludes halogenated alkanes) is 1. The van der Waals surface area contributed by atoms with E-state index in [0.29, 0.717) is 24.7 Å². The number of hydrogen-bond acceptors (Lipinski definition) is 2. The number of amides is 1. The van der Waals surface area contributed by atoms with E-state index >= 15 is 0 Å². The van der Waals surface area contributed by atoms with Crippen molar-refractivity contribution in [3.8, 4) is 0 Å². The third-order valence-corrected chi connectivity index (χ3v) is 4.62. The minimum absolute atomic E-state index is 0.197. The van der Waals surface area contributed by atoms with E-state index in [-0.39, 0.29) is 5.78 Å². The number of piperidine rings is 1. The third-order valence-electron chi connectivity index (χ3n) is 4.62. The number of likely N-dealkylation sites (tertiary alicyclic amines) is 1. The molecule has 1 aromatic carbocycles. The summed E-state index contributed by atoms with van der Waals surface area (Å²) in [6, 6.07) is 8.06. The maximum atomic E-state index is 12.0. The van der Waals surface area contributed by atoms with Gasteiger partial charge in [0, 0.05) is 31.5 Å². The van der Waals surface area contributed by atoms with Gasteiger partial charge < -0.3 is 4.90 Å². The summed E-state index contributed by atoms with van der Waals surface area (Å²) in [5, 5.41) is 0. The second-order valence-corrected chi connectivity index (χ2v) is 6.16. The molecule has 1 heterocycles. The molecule has 0 radical (unpaired) electrons. The van der Waals surface area contributed by atoms with E-state index < -0.39 is 0 Å². The van der Waals surface area contributed by atoms with Gasteiger partial charge in [0.2, 0.25) is 5.91 Å². The molecule has 0 atom stereocenters. The van der Waals surface area contributed by atoms with Crippen molar-refractivity contribution in [1.82, 2.24) is 4.90 Å². The summed E-state index contributed by atoms with van der Waals surface area (Å²) in [4.78, 5) is 25.7. The Morgan fingerprint density at radius 2 is 1.62 bits per heavy atom. The van der Waals surface area contributed by atoms with Gasteiger partial charge in [-0.1, -0.05) is 58.4 Å². The van der Waals surface area contributed by atoms with Crippen LogP contribution in [0.15, 0.2) is 24.3 Å². The van der Waals surface area contributed by atoms with Gasteiger partial charge >= 0.3 is 0 Å². The summed E-state index contributed by atoms with van der Waals surface area (Å²) in [7, 11) is 0. The monoisotopic (exact) mass is 331 g/mol. The zero-order valence-electron chi connectivity index (χ0n) is 15.8. The zero-order chi connectivity index (χ0) is 17.9. The molecular formula is C21H33NO2. The van der Waals surface area contributed by atoms with E-state index in [1.165, 1.54) is 5.56 Å². The maximum Gasteiger partial charge on any atom is 0.222 e. The summed E-state index contributed by atoms with van der Waals surface area (Å²) in [5.74, 6) is 1.02. The number of benzene rings is 1. The number of carbonyl (C=O) groups excluding carboxylic acids is 2. The molecule has 1 aliphatic heterocycles. The minimum atomic E-state index is 0.197. The van der Waals surface area contributed by atoms with Crippen LogP contribution in [0.1, 0.15) is 88.1 Å². The van der Waals surface area contributed by atoms with Crippen molar-refractivity contribution >= 4 is 11.7 Å². The molecule has 1 fully saturated rings. The van der Waals surface area contributed by atoms with Gasteiger partial charge in [-0.15, -0.1) is 0 Å². The van der Waals surface area contributed by atoms with Gasteiger partial charge in [-0.2, -0.15) is 0 Å². The summed E-state index contributed by atoms with van der Waals surface area (Å²) in [5.41, 5.74) is 2.10. The molecule has 1 saturated heterocycles. The first-order valence-electron chi connectivity index (χ1n) is 9.56. The standard InChI is InChI=1S/C19H27NO2.C2H6/c1-3-5-6-19(22)20-13-11-16(12-14-20)15-7-9-17(10-8-15)18(21)4-2;1-2/h7-10,16H,3-6,11-14H2,1-2H3;1-2H3. The average Bonchev–Trinajstić information content (AvgIpc) is 2.67. The molecule has 2 rings (SSSR count). The Morgan fingerprint density at radius 3 is 2.12 bits per heavy atom. The SMILES string of the molecule is CC.CCCCC(=O)N1CCC(c2ccc(C(=O)CC)cc2)CC1. The molecule has 1 aliphatic rings. The fraction of sp³-hybridized carbons (Fsp3) is 0.619. The minimum Gasteiger partial charge on any atom is -0.343 e. The second-order valence-electron chi connectivity index (χ2n) is 6.16. The lowest BCUT2D eigenvalue weighted by Crippen LogP contribution is -2.37. The van der Waals surface area contributed by atoms with Crippen LogP contribution in [0.5, 0.6) is 0 Å². The van der Waals surface area contributed by atoms with Crippen molar-refractivity contribution in [2.24, 2.45) is 0 Å². The first-order chi connectivity index (χ1) is 11.7. The van der Waals surface area contributed by atoms with E-state index in [9.17, 15) is 9.59 Å². The number of carbonyl (C=O) groups is 2. The normalized spacial score (nSPS) is 14.8. The highest BCUT2D eigenvalue weighted by Crippen LogP contribution is 2.28. The van der Waals surface area contributed by atoms with Crippen LogP contribution in [0, 0.1) is 0 Å². The summed E-state index contributed by atoms with van der Waals surface area (Å²) in [6.07, 6.45) is 5.36. The quantitative estimate of drug-likeness (QED) is 0.672. The Morgan fingerprint density at radius 1 is 1.04 bits per heavy atom. The van der Waals surface area contributed by atoms with Gasteiger partial charge in [0.15, 0.2) is 5.78 Å². The number of ketones is 1. The van der Waals surface area contributed by atoms with E-state index in [1.807, 2.05) is 37.8 Å². The lowest BCUT2D eigenvalue weighted by Gasteiger charge is -2.32. The lowest BCUT2D eigenvalue weighted by atomic mass is 9.88. The fourth-order valence-electron chi connectivity index (χ4n) is 3.09. The van der Waals surface area contributed by atoms with Gasteiger partial charge in [0.25, 0.3) is 0 Å². The van der Waals surface area contributed by atoms with Crippen LogP contribution >= 0.6 is 0 Å². The van der Waals surface area contributed by atoms with Gasteiger partial charge in [-0.05, 0) is 30.7 Å². The predicted octanol–water partition coefficient (Wildman–Crippen LogP) is 5.20. The van der Waals surface area contributed by atoms with E-state index in [4.69, 9.17) is 0 Å².